The highest BCUT2D eigenvalue weighted by molar-refractivity contribution is 5.71. The van der Waals surface area contributed by atoms with E-state index in [2.05, 4.69) is 118 Å². The molecular formula is C76H132O6. The smallest absolute Gasteiger partial charge is 0.306 e. The molecule has 0 aliphatic heterocycles. The van der Waals surface area contributed by atoms with Gasteiger partial charge in [-0.1, -0.05) is 323 Å². The molecule has 0 aromatic heterocycles. The maximum Gasteiger partial charge on any atom is 0.306 e. The van der Waals surface area contributed by atoms with Crippen LogP contribution in [0.5, 0.6) is 0 Å². The number of esters is 3. The molecule has 0 rings (SSSR count). The summed E-state index contributed by atoms with van der Waals surface area (Å²) >= 11 is 0. The molecule has 0 N–H and O–H groups in total. The summed E-state index contributed by atoms with van der Waals surface area (Å²) in [5, 5.41) is 0. The molecule has 0 fully saturated rings. The molecule has 1 unspecified atom stereocenters. The Hall–Kier alpha value is -3.67. The molecule has 1 atom stereocenters. The third kappa shape index (κ3) is 67.1. The van der Waals surface area contributed by atoms with Gasteiger partial charge < -0.3 is 14.2 Å². The van der Waals surface area contributed by atoms with Crippen LogP contribution in [0.15, 0.2) is 97.2 Å². The topological polar surface area (TPSA) is 78.9 Å². The van der Waals surface area contributed by atoms with Crippen LogP contribution in [-0.2, 0) is 28.6 Å². The second kappa shape index (κ2) is 69.8. The molecule has 0 aliphatic carbocycles. The number of carbonyl (C=O) groups is 3. The summed E-state index contributed by atoms with van der Waals surface area (Å²) in [7, 11) is 0. The lowest BCUT2D eigenvalue weighted by Crippen LogP contribution is -2.30. The Labute approximate surface area is 508 Å². The van der Waals surface area contributed by atoms with Gasteiger partial charge in [0.1, 0.15) is 13.2 Å². The minimum absolute atomic E-state index is 0.0758. The van der Waals surface area contributed by atoms with E-state index in [9.17, 15) is 14.4 Å². The minimum atomic E-state index is -0.778. The average molecular weight is 1140 g/mol. The number of ether oxygens (including phenoxy) is 3. The second-order valence-electron chi connectivity index (χ2n) is 23.4. The zero-order valence-corrected chi connectivity index (χ0v) is 54.2. The van der Waals surface area contributed by atoms with Gasteiger partial charge in [0.05, 0.1) is 0 Å². The van der Waals surface area contributed by atoms with E-state index in [-0.39, 0.29) is 31.1 Å². The first-order chi connectivity index (χ1) is 40.5. The molecule has 0 bridgehead atoms. The van der Waals surface area contributed by atoms with E-state index < -0.39 is 6.10 Å². The standard InChI is InChI=1S/C76H132O6/c1-4-7-10-13-16-19-22-25-27-29-30-31-32-33-34-35-36-37-38-39-40-41-42-43-44-45-46-48-49-51-54-57-60-63-66-69-75(78)81-72-73(71-80-74(77)68-65-62-59-56-53-24-21-18-15-12-9-6-3)82-76(79)70-67-64-61-58-55-52-50-47-28-26-23-20-17-14-11-8-5-2/h7,10,16,18-19,21,25,27,30-31,33-34,36-37,39-40,73H,4-6,8-9,11-15,17,20,22-24,26,28-29,32,35,38,41-72H2,1-3H3/b10-7-,19-16-,21-18-,27-25-,31-30-,34-33-,37-36-,40-39-. The summed E-state index contributed by atoms with van der Waals surface area (Å²) < 4.78 is 16.9. The molecule has 0 radical (unpaired) electrons. The maximum absolute atomic E-state index is 12.9. The number of carbonyl (C=O) groups excluding carboxylic acids is 3. The molecular weight excluding hydrogens is 1010 g/mol. The van der Waals surface area contributed by atoms with Crippen LogP contribution in [0.3, 0.4) is 0 Å². The number of hydrogen-bond donors (Lipinski definition) is 0. The largest absolute Gasteiger partial charge is 0.462 e. The molecule has 472 valence electrons. The predicted molar refractivity (Wildman–Crippen MR) is 357 cm³/mol. The van der Waals surface area contributed by atoms with Gasteiger partial charge >= 0.3 is 17.9 Å². The Morgan fingerprint density at radius 3 is 0.780 bits per heavy atom. The van der Waals surface area contributed by atoms with Crippen LogP contribution in [-0.4, -0.2) is 37.2 Å². The van der Waals surface area contributed by atoms with Gasteiger partial charge in [0.2, 0.25) is 0 Å². The van der Waals surface area contributed by atoms with Crippen molar-refractivity contribution in [2.75, 3.05) is 13.2 Å². The third-order valence-corrected chi connectivity index (χ3v) is 15.3. The molecule has 0 heterocycles. The lowest BCUT2D eigenvalue weighted by Gasteiger charge is -2.18. The van der Waals surface area contributed by atoms with E-state index in [0.717, 1.165) is 109 Å². The quantitative estimate of drug-likeness (QED) is 0.0261. The fraction of sp³-hybridized carbons (Fsp3) is 0.750. The Kier molecular flexibility index (Phi) is 66.7. The summed E-state index contributed by atoms with van der Waals surface area (Å²) in [6.45, 7) is 6.54. The molecule has 0 saturated carbocycles. The van der Waals surface area contributed by atoms with Gasteiger partial charge in [-0.3, -0.25) is 14.4 Å². The van der Waals surface area contributed by atoms with Crippen molar-refractivity contribution >= 4 is 17.9 Å². The molecule has 0 saturated heterocycles. The maximum atomic E-state index is 12.9. The first-order valence-corrected chi connectivity index (χ1v) is 35.2. The average Bonchev–Trinajstić information content (AvgIpc) is 3.47. The lowest BCUT2D eigenvalue weighted by atomic mass is 10.0. The molecule has 6 nitrogen and oxygen atoms in total. The first-order valence-electron chi connectivity index (χ1n) is 35.2. The summed E-state index contributed by atoms with van der Waals surface area (Å²) in [6, 6.07) is 0. The number of allylic oxidation sites excluding steroid dienone is 16. The SMILES string of the molecule is CC/C=C\C/C=C\C/C=C\C/C=C\C/C=C\C/C=C\C/C=C\CCCCCCCCCCCCCCCC(=O)OCC(COC(=O)CCCCCCC/C=C\CCCCC)OC(=O)CCCCCCCCCCCCCCCCCCC. The summed E-state index contributed by atoms with van der Waals surface area (Å²) in [6.07, 6.45) is 94.4. The van der Waals surface area contributed by atoms with Gasteiger partial charge in [0.15, 0.2) is 6.10 Å². The van der Waals surface area contributed by atoms with Crippen LogP contribution >= 0.6 is 0 Å². The van der Waals surface area contributed by atoms with Crippen LogP contribution in [0.2, 0.25) is 0 Å². The fourth-order valence-electron chi connectivity index (χ4n) is 10.1. The van der Waals surface area contributed by atoms with E-state index in [1.54, 1.807) is 0 Å². The van der Waals surface area contributed by atoms with Crippen molar-refractivity contribution in [3.05, 3.63) is 97.2 Å². The van der Waals surface area contributed by atoms with Crippen LogP contribution < -0.4 is 0 Å². The van der Waals surface area contributed by atoms with E-state index in [1.165, 1.54) is 199 Å². The predicted octanol–water partition coefficient (Wildman–Crippen LogP) is 24.4. The third-order valence-electron chi connectivity index (χ3n) is 15.3. The zero-order chi connectivity index (χ0) is 59.2. The van der Waals surface area contributed by atoms with Gasteiger partial charge in [-0.15, -0.1) is 0 Å². The Morgan fingerprint density at radius 2 is 0.476 bits per heavy atom. The van der Waals surface area contributed by atoms with Crippen molar-refractivity contribution in [2.45, 2.75) is 354 Å². The molecule has 6 heteroatoms. The van der Waals surface area contributed by atoms with E-state index >= 15 is 0 Å². The normalized spacial score (nSPS) is 12.7. The van der Waals surface area contributed by atoms with Crippen LogP contribution in [0.4, 0.5) is 0 Å². The zero-order valence-electron chi connectivity index (χ0n) is 54.2. The Balaban J connectivity index is 4.16. The highest BCUT2D eigenvalue weighted by Gasteiger charge is 2.19. The van der Waals surface area contributed by atoms with Crippen LogP contribution in [0.1, 0.15) is 348 Å². The Morgan fingerprint density at radius 1 is 0.256 bits per heavy atom. The first kappa shape index (κ1) is 78.3. The van der Waals surface area contributed by atoms with Crippen LogP contribution in [0.25, 0.3) is 0 Å². The number of unbranched alkanes of at least 4 members (excludes halogenated alkanes) is 37. The lowest BCUT2D eigenvalue weighted by molar-refractivity contribution is -0.167. The minimum Gasteiger partial charge on any atom is -0.462 e. The Bertz CT molecular complexity index is 1590. The van der Waals surface area contributed by atoms with Gasteiger partial charge in [-0.2, -0.15) is 0 Å². The molecule has 82 heavy (non-hydrogen) atoms. The van der Waals surface area contributed by atoms with E-state index in [1.807, 2.05) is 0 Å². The van der Waals surface area contributed by atoms with Gasteiger partial charge in [0, 0.05) is 19.3 Å². The molecule has 0 aromatic rings. The second-order valence-corrected chi connectivity index (χ2v) is 23.4. The number of hydrogen-bond acceptors (Lipinski definition) is 6. The van der Waals surface area contributed by atoms with Crippen molar-refractivity contribution in [1.29, 1.82) is 0 Å². The van der Waals surface area contributed by atoms with Crippen molar-refractivity contribution in [3.8, 4) is 0 Å². The molecule has 0 spiro atoms. The van der Waals surface area contributed by atoms with Gasteiger partial charge in [0.25, 0.3) is 0 Å². The van der Waals surface area contributed by atoms with Crippen molar-refractivity contribution in [1.82, 2.24) is 0 Å². The highest BCUT2D eigenvalue weighted by atomic mass is 16.6. The monoisotopic (exact) mass is 1140 g/mol. The van der Waals surface area contributed by atoms with Crippen LogP contribution in [0, 0.1) is 0 Å². The van der Waals surface area contributed by atoms with Crippen molar-refractivity contribution < 1.29 is 28.6 Å². The van der Waals surface area contributed by atoms with Gasteiger partial charge in [-0.25, -0.2) is 0 Å². The van der Waals surface area contributed by atoms with Crippen molar-refractivity contribution in [3.63, 3.8) is 0 Å². The fourth-order valence-corrected chi connectivity index (χ4v) is 10.1. The molecule has 0 amide bonds. The van der Waals surface area contributed by atoms with Gasteiger partial charge in [-0.05, 0) is 103 Å². The number of rotatable bonds is 64. The summed E-state index contributed by atoms with van der Waals surface area (Å²) in [5.41, 5.74) is 0. The van der Waals surface area contributed by atoms with E-state index in [4.69, 9.17) is 14.2 Å². The summed E-state index contributed by atoms with van der Waals surface area (Å²) in [5.74, 6) is -0.868. The van der Waals surface area contributed by atoms with E-state index in [0.29, 0.717) is 19.3 Å². The highest BCUT2D eigenvalue weighted by Crippen LogP contribution is 2.17. The molecule has 0 aliphatic rings. The molecule has 0 aromatic carbocycles. The van der Waals surface area contributed by atoms with Crippen molar-refractivity contribution in [2.24, 2.45) is 0 Å². The summed E-state index contributed by atoms with van der Waals surface area (Å²) in [4.78, 5) is 38.3.